The molecule has 1 aliphatic rings. The van der Waals surface area contributed by atoms with Crippen LogP contribution in [0.25, 0.3) is 11.0 Å². The minimum absolute atomic E-state index is 0.0768. The molecule has 0 unspecified atom stereocenters. The van der Waals surface area contributed by atoms with E-state index in [2.05, 4.69) is 10.3 Å². The second-order valence-corrected chi connectivity index (χ2v) is 8.22. The molecule has 8 heteroatoms. The average Bonchev–Trinajstić information content (AvgIpc) is 3.53. The van der Waals surface area contributed by atoms with Crippen molar-refractivity contribution in [3.8, 4) is 0 Å². The van der Waals surface area contributed by atoms with Crippen LogP contribution in [-0.2, 0) is 22.6 Å². The topological polar surface area (TPSA) is 85.1 Å². The molecule has 2 aromatic carbocycles. The van der Waals surface area contributed by atoms with Crippen LogP contribution in [0.4, 0.5) is 5.95 Å². The number of amides is 2. The van der Waals surface area contributed by atoms with Crippen LogP contribution in [-0.4, -0.2) is 44.0 Å². The summed E-state index contributed by atoms with van der Waals surface area (Å²) in [5.74, 6) is 0.411. The molecule has 0 bridgehead atoms. The van der Waals surface area contributed by atoms with E-state index in [0.29, 0.717) is 19.0 Å². The maximum Gasteiger partial charge on any atom is 0.253 e. The molecule has 5 rings (SSSR count). The van der Waals surface area contributed by atoms with Gasteiger partial charge >= 0.3 is 0 Å². The fraction of sp³-hybridized carbons (Fsp3) is 0.280. The van der Waals surface area contributed by atoms with Crippen LogP contribution in [0.3, 0.4) is 0 Å². The highest BCUT2D eigenvalue weighted by atomic mass is 16.2. The summed E-state index contributed by atoms with van der Waals surface area (Å²) in [7, 11) is 0. The Hall–Kier alpha value is -3.94. The molecule has 0 saturated carbocycles. The molecule has 2 aromatic heterocycles. The Morgan fingerprint density at radius 3 is 2.67 bits per heavy atom. The van der Waals surface area contributed by atoms with Crippen molar-refractivity contribution in [2.24, 2.45) is 0 Å². The van der Waals surface area contributed by atoms with Gasteiger partial charge < -0.3 is 9.88 Å². The molecule has 168 valence electrons. The van der Waals surface area contributed by atoms with Crippen molar-refractivity contribution in [2.45, 2.75) is 31.8 Å². The monoisotopic (exact) mass is 442 g/mol. The van der Waals surface area contributed by atoms with Gasteiger partial charge in [0, 0.05) is 32.0 Å². The third kappa shape index (κ3) is 4.37. The maximum absolute atomic E-state index is 13.4. The first-order valence-corrected chi connectivity index (χ1v) is 11.3. The van der Waals surface area contributed by atoms with Gasteiger partial charge in [0.1, 0.15) is 6.04 Å². The lowest BCUT2D eigenvalue weighted by Crippen LogP contribution is -2.34. The third-order valence-electron chi connectivity index (χ3n) is 6.00. The second kappa shape index (κ2) is 9.28. The number of aryl methyl sites for hydroxylation is 1. The van der Waals surface area contributed by atoms with Crippen molar-refractivity contribution < 1.29 is 9.59 Å². The van der Waals surface area contributed by atoms with E-state index in [0.717, 1.165) is 30.4 Å². The molecule has 0 saturated heterocycles. The number of aromatic nitrogens is 4. The van der Waals surface area contributed by atoms with Crippen LogP contribution in [0.5, 0.6) is 0 Å². The van der Waals surface area contributed by atoms with Crippen molar-refractivity contribution in [3.05, 3.63) is 78.9 Å². The molecule has 0 fully saturated rings. The SMILES string of the molecule is O=C(C[C@@H]1C(=O)N(CCCn2ccnc2)c2nc3ccccc3n21)NCCc1ccccc1. The van der Waals surface area contributed by atoms with Crippen molar-refractivity contribution in [1.29, 1.82) is 0 Å². The Morgan fingerprint density at radius 2 is 1.85 bits per heavy atom. The number of carbonyl (C=O) groups is 2. The summed E-state index contributed by atoms with van der Waals surface area (Å²) in [6.45, 7) is 1.83. The average molecular weight is 443 g/mol. The molecular formula is C25H26N6O2. The van der Waals surface area contributed by atoms with E-state index in [9.17, 15) is 9.59 Å². The lowest BCUT2D eigenvalue weighted by atomic mass is 10.1. The second-order valence-electron chi connectivity index (χ2n) is 8.22. The van der Waals surface area contributed by atoms with E-state index in [1.54, 1.807) is 17.4 Å². The summed E-state index contributed by atoms with van der Waals surface area (Å²) in [4.78, 5) is 36.6. The normalized spacial score (nSPS) is 15.2. The number of hydrogen-bond donors (Lipinski definition) is 1. The van der Waals surface area contributed by atoms with Crippen LogP contribution in [0.1, 0.15) is 24.4 Å². The van der Waals surface area contributed by atoms with Gasteiger partial charge in [-0.1, -0.05) is 42.5 Å². The maximum atomic E-state index is 13.4. The fourth-order valence-corrected chi connectivity index (χ4v) is 4.38. The largest absolute Gasteiger partial charge is 0.356 e. The van der Waals surface area contributed by atoms with Crippen LogP contribution in [0.15, 0.2) is 73.3 Å². The molecule has 3 heterocycles. The van der Waals surface area contributed by atoms with Crippen LogP contribution in [0, 0.1) is 0 Å². The van der Waals surface area contributed by atoms with Crippen LogP contribution in [0.2, 0.25) is 0 Å². The first kappa shape index (κ1) is 20.9. The van der Waals surface area contributed by atoms with Gasteiger partial charge in [-0.05, 0) is 30.5 Å². The van der Waals surface area contributed by atoms with Gasteiger partial charge in [0.15, 0.2) is 0 Å². The summed E-state index contributed by atoms with van der Waals surface area (Å²) in [6.07, 6.45) is 7.03. The van der Waals surface area contributed by atoms with Gasteiger partial charge in [0.05, 0.1) is 23.8 Å². The van der Waals surface area contributed by atoms with Gasteiger partial charge in [0.25, 0.3) is 5.91 Å². The number of nitrogens with zero attached hydrogens (tertiary/aromatic N) is 5. The highest BCUT2D eigenvalue weighted by molar-refractivity contribution is 6.03. The summed E-state index contributed by atoms with van der Waals surface area (Å²) < 4.78 is 3.91. The zero-order chi connectivity index (χ0) is 22.6. The molecule has 8 nitrogen and oxygen atoms in total. The van der Waals surface area contributed by atoms with E-state index in [4.69, 9.17) is 4.98 Å². The number of imidazole rings is 2. The molecule has 1 aliphatic heterocycles. The molecular weight excluding hydrogens is 416 g/mol. The predicted octanol–water partition coefficient (Wildman–Crippen LogP) is 2.96. The van der Waals surface area contributed by atoms with E-state index in [1.165, 1.54) is 5.56 Å². The highest BCUT2D eigenvalue weighted by Crippen LogP contribution is 2.36. The zero-order valence-electron chi connectivity index (χ0n) is 18.3. The van der Waals surface area contributed by atoms with E-state index < -0.39 is 6.04 Å². The predicted molar refractivity (Wildman–Crippen MR) is 126 cm³/mol. The molecule has 0 spiro atoms. The zero-order valence-corrected chi connectivity index (χ0v) is 18.3. The number of nitrogens with one attached hydrogen (secondary N) is 1. The van der Waals surface area contributed by atoms with Crippen LogP contribution >= 0.6 is 0 Å². The Morgan fingerprint density at radius 1 is 1.03 bits per heavy atom. The molecule has 4 aromatic rings. The summed E-state index contributed by atoms with van der Waals surface area (Å²) in [6, 6.07) is 17.2. The summed E-state index contributed by atoms with van der Waals surface area (Å²) in [5.41, 5.74) is 2.87. The fourth-order valence-electron chi connectivity index (χ4n) is 4.38. The van der Waals surface area contributed by atoms with Crippen molar-refractivity contribution >= 4 is 28.8 Å². The third-order valence-corrected chi connectivity index (χ3v) is 6.00. The molecule has 33 heavy (non-hydrogen) atoms. The lowest BCUT2D eigenvalue weighted by Gasteiger charge is -2.16. The number of fused-ring (bicyclic) bond motifs is 3. The molecule has 1 N–H and O–H groups in total. The Kier molecular flexibility index (Phi) is 5.89. The smallest absolute Gasteiger partial charge is 0.253 e. The number of para-hydroxylation sites is 2. The standard InChI is InChI=1S/C25H26N6O2/c32-23(27-12-11-19-7-2-1-3-8-19)17-22-24(33)30(15-6-14-29-16-13-26-18-29)25-28-20-9-4-5-10-21(20)31(22)25/h1-5,7-10,13,16,18,22H,6,11-12,14-15,17H2,(H,27,32)/t22-/m1/s1. The molecule has 0 aliphatic carbocycles. The number of anilines is 1. The van der Waals surface area contributed by atoms with Gasteiger partial charge in [0.2, 0.25) is 11.9 Å². The number of carbonyl (C=O) groups excluding carboxylic acids is 2. The van der Waals surface area contributed by atoms with Gasteiger partial charge in [-0.3, -0.25) is 19.1 Å². The van der Waals surface area contributed by atoms with E-state index >= 15 is 0 Å². The van der Waals surface area contributed by atoms with Crippen molar-refractivity contribution in [2.75, 3.05) is 18.0 Å². The number of rotatable bonds is 9. The Balaban J connectivity index is 1.29. The Bertz CT molecular complexity index is 1250. The van der Waals surface area contributed by atoms with E-state index in [1.807, 2.05) is 69.9 Å². The molecule has 1 atom stereocenters. The number of hydrogen-bond acceptors (Lipinski definition) is 4. The first-order valence-electron chi connectivity index (χ1n) is 11.3. The number of benzene rings is 2. The quantitative estimate of drug-likeness (QED) is 0.432. The Labute approximate surface area is 191 Å². The summed E-state index contributed by atoms with van der Waals surface area (Å²) >= 11 is 0. The molecule has 2 amide bonds. The minimum atomic E-state index is -0.586. The van der Waals surface area contributed by atoms with Crippen molar-refractivity contribution in [3.63, 3.8) is 0 Å². The van der Waals surface area contributed by atoms with E-state index in [-0.39, 0.29) is 18.2 Å². The summed E-state index contributed by atoms with van der Waals surface area (Å²) in [5, 5.41) is 2.97. The highest BCUT2D eigenvalue weighted by Gasteiger charge is 2.40. The minimum Gasteiger partial charge on any atom is -0.356 e. The van der Waals surface area contributed by atoms with Gasteiger partial charge in [-0.15, -0.1) is 0 Å². The van der Waals surface area contributed by atoms with Crippen LogP contribution < -0.4 is 10.2 Å². The van der Waals surface area contributed by atoms with Gasteiger partial charge in [-0.25, -0.2) is 9.97 Å². The lowest BCUT2D eigenvalue weighted by molar-refractivity contribution is -0.127. The molecule has 0 radical (unpaired) electrons. The van der Waals surface area contributed by atoms with Gasteiger partial charge in [-0.2, -0.15) is 0 Å². The van der Waals surface area contributed by atoms with Crippen molar-refractivity contribution in [1.82, 2.24) is 24.4 Å². The first-order chi connectivity index (χ1) is 16.2.